The summed E-state index contributed by atoms with van der Waals surface area (Å²) in [5.74, 6) is 1.25. The van der Waals surface area contributed by atoms with E-state index in [0.29, 0.717) is 17.6 Å². The van der Waals surface area contributed by atoms with E-state index in [2.05, 4.69) is 38.5 Å². The van der Waals surface area contributed by atoms with Gasteiger partial charge in [0.05, 0.1) is 12.2 Å². The number of aryl methyl sites for hydroxylation is 3. The summed E-state index contributed by atoms with van der Waals surface area (Å²) in [4.78, 5) is 30.3. The maximum Gasteiger partial charge on any atom is 0.240 e. The summed E-state index contributed by atoms with van der Waals surface area (Å²) in [7, 11) is 0. The van der Waals surface area contributed by atoms with E-state index in [1.165, 1.54) is 16.2 Å². The van der Waals surface area contributed by atoms with Crippen LogP contribution in [0.5, 0.6) is 0 Å². The van der Waals surface area contributed by atoms with Crippen molar-refractivity contribution in [3.05, 3.63) is 45.5 Å². The predicted molar refractivity (Wildman–Crippen MR) is 123 cm³/mol. The van der Waals surface area contributed by atoms with Crippen molar-refractivity contribution in [3.63, 3.8) is 0 Å². The number of amides is 1. The molecule has 2 N–H and O–H groups in total. The fourth-order valence-electron chi connectivity index (χ4n) is 3.55. The van der Waals surface area contributed by atoms with Crippen molar-refractivity contribution in [2.45, 2.75) is 39.5 Å². The number of hydrogen-bond donors (Lipinski definition) is 2. The molecule has 0 aliphatic carbocycles. The molecule has 3 aromatic rings. The van der Waals surface area contributed by atoms with Gasteiger partial charge in [-0.1, -0.05) is 6.07 Å². The predicted octanol–water partition coefficient (Wildman–Crippen LogP) is 4.48. The van der Waals surface area contributed by atoms with Crippen molar-refractivity contribution in [2.24, 2.45) is 0 Å². The summed E-state index contributed by atoms with van der Waals surface area (Å²) in [6.07, 6.45) is 3.77. The molecule has 1 aliphatic heterocycles. The Bertz CT molecular complexity index is 1000. The Morgan fingerprint density at radius 2 is 1.93 bits per heavy atom. The summed E-state index contributed by atoms with van der Waals surface area (Å²) < 4.78 is 0. The minimum Gasteiger partial charge on any atom is -0.316 e. The minimum absolute atomic E-state index is 0.00107. The van der Waals surface area contributed by atoms with E-state index in [1.54, 1.807) is 17.5 Å². The van der Waals surface area contributed by atoms with Gasteiger partial charge in [0.25, 0.3) is 0 Å². The first-order chi connectivity index (χ1) is 14.5. The molecule has 1 aliphatic rings. The number of hydrogen-bond acceptors (Lipinski definition) is 8. The molecule has 0 spiro atoms. The molecule has 0 aromatic carbocycles. The number of thiazole rings is 2. The van der Waals surface area contributed by atoms with Crippen LogP contribution in [-0.2, 0) is 4.79 Å². The Kier molecular flexibility index (Phi) is 6.40. The lowest BCUT2D eigenvalue weighted by Gasteiger charge is -2.31. The zero-order valence-electron chi connectivity index (χ0n) is 17.4. The number of likely N-dealkylation sites (tertiary alicyclic amines) is 1. The quantitative estimate of drug-likeness (QED) is 0.586. The van der Waals surface area contributed by atoms with Gasteiger partial charge in [0, 0.05) is 27.6 Å². The Balaban J connectivity index is 1.30. The third-order valence-electron chi connectivity index (χ3n) is 5.27. The molecule has 9 heteroatoms. The van der Waals surface area contributed by atoms with Crippen molar-refractivity contribution < 1.29 is 4.79 Å². The van der Waals surface area contributed by atoms with E-state index in [1.807, 2.05) is 26.0 Å². The first-order valence-electron chi connectivity index (χ1n) is 10.1. The summed E-state index contributed by atoms with van der Waals surface area (Å²) in [5.41, 5.74) is 2.16. The summed E-state index contributed by atoms with van der Waals surface area (Å²) in [6.45, 7) is 8.26. The molecule has 158 valence electrons. The second-order valence-electron chi connectivity index (χ2n) is 7.61. The van der Waals surface area contributed by atoms with Gasteiger partial charge < -0.3 is 10.6 Å². The standard InChI is InChI=1S/C21H26N6OS2/c1-13-11-22-20(29-13)26-19(28)12-27-9-7-16(8-10-27)17-5-4-6-18(24-17)25-21-23-14(2)15(3)30-21/h4-6,11,16H,7-10,12H2,1-3H3,(H,22,26,28)(H,23,24,25). The largest absolute Gasteiger partial charge is 0.316 e. The van der Waals surface area contributed by atoms with Gasteiger partial charge in [0.15, 0.2) is 10.3 Å². The van der Waals surface area contributed by atoms with Crippen molar-refractivity contribution in [1.29, 1.82) is 0 Å². The van der Waals surface area contributed by atoms with Crippen LogP contribution in [0.4, 0.5) is 16.1 Å². The highest BCUT2D eigenvalue weighted by Crippen LogP contribution is 2.29. The first kappa shape index (κ1) is 20.9. The third kappa shape index (κ3) is 5.21. The van der Waals surface area contributed by atoms with Gasteiger partial charge in [-0.05, 0) is 58.8 Å². The van der Waals surface area contributed by atoms with Crippen LogP contribution >= 0.6 is 22.7 Å². The zero-order chi connectivity index (χ0) is 21.1. The first-order valence-corrected chi connectivity index (χ1v) is 11.7. The molecular formula is C21H26N6OS2. The second-order valence-corrected chi connectivity index (χ2v) is 10.0. The molecule has 1 saturated heterocycles. The molecular weight excluding hydrogens is 416 g/mol. The minimum atomic E-state index is 0.00107. The normalized spacial score (nSPS) is 15.3. The average Bonchev–Trinajstić information content (AvgIpc) is 3.26. The Labute approximate surface area is 184 Å². The molecule has 1 amide bonds. The van der Waals surface area contributed by atoms with Gasteiger partial charge in [-0.25, -0.2) is 15.0 Å². The van der Waals surface area contributed by atoms with Gasteiger partial charge in [-0.15, -0.1) is 22.7 Å². The Morgan fingerprint density at radius 1 is 1.13 bits per heavy atom. The lowest BCUT2D eigenvalue weighted by Crippen LogP contribution is -2.38. The maximum atomic E-state index is 12.3. The average molecular weight is 443 g/mol. The molecule has 1 fully saturated rings. The molecule has 0 bridgehead atoms. The number of aromatic nitrogens is 3. The molecule has 0 unspecified atom stereocenters. The summed E-state index contributed by atoms with van der Waals surface area (Å²) in [5, 5.41) is 7.78. The van der Waals surface area contributed by atoms with E-state index in [4.69, 9.17) is 4.98 Å². The van der Waals surface area contributed by atoms with Crippen LogP contribution in [-0.4, -0.2) is 45.4 Å². The molecule has 0 radical (unpaired) electrons. The second kappa shape index (κ2) is 9.20. The van der Waals surface area contributed by atoms with Crippen LogP contribution in [0.3, 0.4) is 0 Å². The number of rotatable bonds is 6. The lowest BCUT2D eigenvalue weighted by molar-refractivity contribution is -0.117. The highest BCUT2D eigenvalue weighted by atomic mass is 32.1. The van der Waals surface area contributed by atoms with Crippen molar-refractivity contribution in [1.82, 2.24) is 19.9 Å². The van der Waals surface area contributed by atoms with Crippen molar-refractivity contribution in [2.75, 3.05) is 30.3 Å². The molecule has 7 nitrogen and oxygen atoms in total. The number of anilines is 3. The Morgan fingerprint density at radius 3 is 2.60 bits per heavy atom. The molecule has 4 rings (SSSR count). The van der Waals surface area contributed by atoms with Gasteiger partial charge in [-0.2, -0.15) is 0 Å². The monoisotopic (exact) mass is 442 g/mol. The third-order valence-corrected chi connectivity index (χ3v) is 7.09. The summed E-state index contributed by atoms with van der Waals surface area (Å²) in [6, 6.07) is 6.13. The number of carbonyl (C=O) groups is 1. The molecule has 4 heterocycles. The highest BCUT2D eigenvalue weighted by molar-refractivity contribution is 7.16. The van der Waals surface area contributed by atoms with E-state index in [-0.39, 0.29) is 5.91 Å². The van der Waals surface area contributed by atoms with E-state index in [9.17, 15) is 4.79 Å². The smallest absolute Gasteiger partial charge is 0.240 e. The fourth-order valence-corrected chi connectivity index (χ4v) is 5.05. The number of piperidine rings is 1. The molecule has 3 aromatic heterocycles. The zero-order valence-corrected chi connectivity index (χ0v) is 19.1. The summed E-state index contributed by atoms with van der Waals surface area (Å²) >= 11 is 3.15. The van der Waals surface area contributed by atoms with Crippen molar-refractivity contribution in [3.8, 4) is 0 Å². The number of pyridine rings is 1. The number of carbonyl (C=O) groups excluding carboxylic acids is 1. The molecule has 30 heavy (non-hydrogen) atoms. The van der Waals surface area contributed by atoms with Crippen molar-refractivity contribution >= 4 is 44.7 Å². The van der Waals surface area contributed by atoms with Crippen LogP contribution in [0.15, 0.2) is 24.4 Å². The fraction of sp³-hybridized carbons (Fsp3) is 0.429. The van der Waals surface area contributed by atoms with Gasteiger partial charge in [-0.3, -0.25) is 9.69 Å². The molecule has 0 atom stereocenters. The lowest BCUT2D eigenvalue weighted by atomic mass is 9.93. The van der Waals surface area contributed by atoms with Gasteiger partial charge in [0.2, 0.25) is 5.91 Å². The van der Waals surface area contributed by atoms with Crippen LogP contribution in [0.2, 0.25) is 0 Å². The highest BCUT2D eigenvalue weighted by Gasteiger charge is 2.23. The van der Waals surface area contributed by atoms with Crippen LogP contribution in [0, 0.1) is 20.8 Å². The van der Waals surface area contributed by atoms with Crippen LogP contribution < -0.4 is 10.6 Å². The van der Waals surface area contributed by atoms with Crippen LogP contribution in [0.25, 0.3) is 0 Å². The van der Waals surface area contributed by atoms with E-state index in [0.717, 1.165) is 53.1 Å². The van der Waals surface area contributed by atoms with Gasteiger partial charge >= 0.3 is 0 Å². The van der Waals surface area contributed by atoms with Crippen LogP contribution in [0.1, 0.15) is 39.9 Å². The molecule has 0 saturated carbocycles. The van der Waals surface area contributed by atoms with Gasteiger partial charge in [0.1, 0.15) is 5.82 Å². The topological polar surface area (TPSA) is 83.0 Å². The number of nitrogens with zero attached hydrogens (tertiary/aromatic N) is 4. The Hall–Kier alpha value is -2.36. The number of nitrogens with one attached hydrogen (secondary N) is 2. The van der Waals surface area contributed by atoms with E-state index < -0.39 is 0 Å². The SMILES string of the molecule is Cc1cnc(NC(=O)CN2CCC(c3cccc(Nc4nc(C)c(C)s4)n3)CC2)s1. The maximum absolute atomic E-state index is 12.3. The van der Waals surface area contributed by atoms with E-state index >= 15 is 0 Å².